The molecule has 1 N–H and O–H groups in total. The van der Waals surface area contributed by atoms with Crippen LogP contribution in [0.5, 0.6) is 0 Å². The van der Waals surface area contributed by atoms with E-state index in [1.165, 1.54) is 16.3 Å². The Morgan fingerprint density at radius 3 is 2.82 bits per heavy atom. The quantitative estimate of drug-likeness (QED) is 0.841. The third-order valence-electron chi connectivity index (χ3n) is 2.95. The van der Waals surface area contributed by atoms with Crippen LogP contribution in [0.2, 0.25) is 0 Å². The number of nitrogens with one attached hydrogen (secondary N) is 1. The van der Waals surface area contributed by atoms with E-state index in [9.17, 15) is 0 Å². The van der Waals surface area contributed by atoms with Gasteiger partial charge in [-0.2, -0.15) is 5.10 Å². The van der Waals surface area contributed by atoms with Crippen molar-refractivity contribution in [3.63, 3.8) is 0 Å². The summed E-state index contributed by atoms with van der Waals surface area (Å²) in [5, 5.41) is 8.84. The molecule has 0 aromatic carbocycles. The summed E-state index contributed by atoms with van der Waals surface area (Å²) in [6.07, 6.45) is 1.11. The number of hydrogen-bond acceptors (Lipinski definition) is 3. The van der Waals surface area contributed by atoms with Gasteiger partial charge in [-0.15, -0.1) is 11.8 Å². The van der Waals surface area contributed by atoms with Gasteiger partial charge in [0.05, 0.1) is 0 Å². The van der Waals surface area contributed by atoms with Crippen molar-refractivity contribution in [2.45, 2.75) is 45.7 Å². The van der Waals surface area contributed by atoms with Crippen LogP contribution in [0.15, 0.2) is 5.03 Å². The predicted molar refractivity (Wildman–Crippen MR) is 73.4 cm³/mol. The summed E-state index contributed by atoms with van der Waals surface area (Å²) in [5.41, 5.74) is 3.16. The zero-order chi connectivity index (χ0) is 12.5. The Hall–Kier alpha value is -0.480. The van der Waals surface area contributed by atoms with Gasteiger partial charge in [-0.1, -0.05) is 27.7 Å². The number of aromatic nitrogens is 2. The van der Waals surface area contributed by atoms with Gasteiger partial charge >= 0.3 is 0 Å². The van der Waals surface area contributed by atoms with Gasteiger partial charge in [-0.3, -0.25) is 10.00 Å². The maximum Gasteiger partial charge on any atom is 0.123 e. The number of fused-ring (bicyclic) bond motifs is 1. The molecule has 2 rings (SSSR count). The molecule has 0 saturated carbocycles. The van der Waals surface area contributed by atoms with Crippen LogP contribution in [0.4, 0.5) is 0 Å². The van der Waals surface area contributed by atoms with Gasteiger partial charge in [0.25, 0.3) is 0 Å². The molecule has 4 heteroatoms. The van der Waals surface area contributed by atoms with E-state index in [0.29, 0.717) is 5.41 Å². The number of H-pyrrole nitrogens is 1. The van der Waals surface area contributed by atoms with Crippen molar-refractivity contribution < 1.29 is 0 Å². The molecule has 0 bridgehead atoms. The van der Waals surface area contributed by atoms with Gasteiger partial charge in [0.15, 0.2) is 0 Å². The van der Waals surface area contributed by atoms with Gasteiger partial charge in [0.1, 0.15) is 5.03 Å². The predicted octanol–water partition coefficient (Wildman–Crippen LogP) is 2.93. The molecule has 1 aliphatic heterocycles. The average molecular weight is 253 g/mol. The summed E-state index contributed by atoms with van der Waals surface area (Å²) in [6, 6.07) is 0. The molecule has 3 nitrogen and oxygen atoms in total. The van der Waals surface area contributed by atoms with E-state index in [-0.39, 0.29) is 0 Å². The lowest BCUT2D eigenvalue weighted by atomic mass is 9.94. The molecule has 0 fully saturated rings. The number of thioether (sulfide) groups is 1. The largest absolute Gasteiger partial charge is 0.298 e. The summed E-state index contributed by atoms with van der Waals surface area (Å²) in [4.78, 5) is 2.55. The molecular weight excluding hydrogens is 230 g/mol. The van der Waals surface area contributed by atoms with Crippen LogP contribution in [0.3, 0.4) is 0 Å². The van der Waals surface area contributed by atoms with Crippen molar-refractivity contribution >= 4 is 11.8 Å². The van der Waals surface area contributed by atoms with Crippen LogP contribution >= 0.6 is 11.8 Å². The fourth-order valence-electron chi connectivity index (χ4n) is 2.39. The molecule has 0 radical (unpaired) electrons. The average Bonchev–Trinajstić information content (AvgIpc) is 2.59. The Morgan fingerprint density at radius 2 is 2.18 bits per heavy atom. The maximum atomic E-state index is 4.43. The van der Waals surface area contributed by atoms with E-state index in [4.69, 9.17) is 0 Å². The highest BCUT2D eigenvalue weighted by molar-refractivity contribution is 7.99. The highest BCUT2D eigenvalue weighted by Crippen LogP contribution is 2.28. The third kappa shape index (κ3) is 3.26. The summed E-state index contributed by atoms with van der Waals surface area (Å²) < 4.78 is 0. The first-order valence-corrected chi connectivity index (χ1v) is 7.39. The summed E-state index contributed by atoms with van der Waals surface area (Å²) in [6.45, 7) is 12.5. The normalized spacial score (nSPS) is 17.2. The van der Waals surface area contributed by atoms with Gasteiger partial charge in [-0.25, -0.2) is 0 Å². The SMILES string of the molecule is CCSc1n[nH]c2c1CN(CC(C)(C)C)CC2. The monoisotopic (exact) mass is 253 g/mol. The molecule has 2 heterocycles. The van der Waals surface area contributed by atoms with Crippen LogP contribution in [0.25, 0.3) is 0 Å². The van der Waals surface area contributed by atoms with E-state index >= 15 is 0 Å². The molecule has 17 heavy (non-hydrogen) atoms. The molecule has 0 unspecified atom stereocenters. The van der Waals surface area contributed by atoms with E-state index in [0.717, 1.165) is 31.8 Å². The van der Waals surface area contributed by atoms with Crippen LogP contribution in [0.1, 0.15) is 39.0 Å². The van der Waals surface area contributed by atoms with Gasteiger partial charge in [0.2, 0.25) is 0 Å². The summed E-state index contributed by atoms with van der Waals surface area (Å²) in [5.74, 6) is 1.09. The minimum atomic E-state index is 0.374. The first-order valence-electron chi connectivity index (χ1n) is 6.41. The lowest BCUT2D eigenvalue weighted by Gasteiger charge is -2.32. The smallest absolute Gasteiger partial charge is 0.123 e. The molecule has 1 aromatic heterocycles. The van der Waals surface area contributed by atoms with Crippen molar-refractivity contribution in [2.75, 3.05) is 18.8 Å². The zero-order valence-electron chi connectivity index (χ0n) is 11.3. The van der Waals surface area contributed by atoms with Crippen molar-refractivity contribution in [3.8, 4) is 0 Å². The molecule has 96 valence electrons. The first kappa shape index (κ1) is 13.0. The van der Waals surface area contributed by atoms with Crippen LogP contribution in [0, 0.1) is 5.41 Å². The van der Waals surface area contributed by atoms with Crippen molar-refractivity contribution in [1.82, 2.24) is 15.1 Å². The first-order chi connectivity index (χ1) is 7.99. The highest BCUT2D eigenvalue weighted by Gasteiger charge is 2.24. The third-order valence-corrected chi connectivity index (χ3v) is 3.85. The second kappa shape index (κ2) is 5.02. The van der Waals surface area contributed by atoms with E-state index in [1.807, 2.05) is 11.8 Å². The molecule has 0 atom stereocenters. The van der Waals surface area contributed by atoms with Crippen molar-refractivity contribution in [2.24, 2.45) is 5.41 Å². The minimum absolute atomic E-state index is 0.374. The highest BCUT2D eigenvalue weighted by atomic mass is 32.2. The molecule has 1 aliphatic rings. The van der Waals surface area contributed by atoms with E-state index in [1.54, 1.807) is 0 Å². The Bertz CT molecular complexity index is 379. The Labute approximate surface area is 108 Å². The number of rotatable bonds is 3. The Balaban J connectivity index is 2.08. The fourth-order valence-corrected chi connectivity index (χ4v) is 3.13. The fraction of sp³-hybridized carbons (Fsp3) is 0.769. The van der Waals surface area contributed by atoms with Crippen molar-refractivity contribution in [3.05, 3.63) is 11.3 Å². The summed E-state index contributed by atoms with van der Waals surface area (Å²) >= 11 is 1.85. The Morgan fingerprint density at radius 1 is 1.41 bits per heavy atom. The lowest BCUT2D eigenvalue weighted by molar-refractivity contribution is 0.175. The molecule has 0 spiro atoms. The number of nitrogens with zero attached hydrogens (tertiary/aromatic N) is 2. The van der Waals surface area contributed by atoms with Crippen LogP contribution < -0.4 is 0 Å². The lowest BCUT2D eigenvalue weighted by Crippen LogP contribution is -2.36. The van der Waals surface area contributed by atoms with Crippen LogP contribution in [-0.4, -0.2) is 33.9 Å². The maximum absolute atomic E-state index is 4.43. The second-order valence-corrected chi connectivity index (χ2v) is 7.19. The van der Waals surface area contributed by atoms with Gasteiger partial charge in [-0.05, 0) is 11.2 Å². The standard InChI is InChI=1S/C13H23N3S/c1-5-17-12-10-8-16(9-13(2,3)4)7-6-11(10)14-15-12/h5-9H2,1-4H3,(H,14,15). The van der Waals surface area contributed by atoms with Gasteiger partial charge in [0, 0.05) is 37.3 Å². The van der Waals surface area contributed by atoms with E-state index in [2.05, 4.69) is 42.8 Å². The molecule has 0 aliphatic carbocycles. The second-order valence-electron chi connectivity index (χ2n) is 5.94. The number of aromatic amines is 1. The van der Waals surface area contributed by atoms with E-state index < -0.39 is 0 Å². The molecule has 0 amide bonds. The molecular formula is C13H23N3S. The molecule has 0 saturated heterocycles. The van der Waals surface area contributed by atoms with Crippen molar-refractivity contribution in [1.29, 1.82) is 0 Å². The summed E-state index contributed by atoms with van der Waals surface area (Å²) in [7, 11) is 0. The molecule has 1 aromatic rings. The van der Waals surface area contributed by atoms with Crippen LogP contribution in [-0.2, 0) is 13.0 Å². The topological polar surface area (TPSA) is 31.9 Å². The van der Waals surface area contributed by atoms with Gasteiger partial charge < -0.3 is 0 Å². The zero-order valence-corrected chi connectivity index (χ0v) is 12.2. The number of hydrogen-bond donors (Lipinski definition) is 1. The Kier molecular flexibility index (Phi) is 3.83. The minimum Gasteiger partial charge on any atom is -0.298 e.